The van der Waals surface area contributed by atoms with Crippen LogP contribution in [0.1, 0.15) is 52.9 Å². The Bertz CT molecular complexity index is 149. The van der Waals surface area contributed by atoms with Crippen molar-refractivity contribution in [3.05, 3.63) is 12.2 Å². The zero-order valence-corrected chi connectivity index (χ0v) is 8.77. The van der Waals surface area contributed by atoms with E-state index in [0.717, 1.165) is 5.92 Å². The van der Waals surface area contributed by atoms with Crippen LogP contribution in [0.2, 0.25) is 0 Å². The van der Waals surface area contributed by atoms with Crippen LogP contribution in [-0.4, -0.2) is 0 Å². The van der Waals surface area contributed by atoms with Gasteiger partial charge in [-0.15, -0.1) is 0 Å². The van der Waals surface area contributed by atoms with E-state index in [1.54, 1.807) is 0 Å². The van der Waals surface area contributed by atoms with Gasteiger partial charge in [0.2, 0.25) is 0 Å². The average molecular weight is 166 g/mol. The fourth-order valence-corrected chi connectivity index (χ4v) is 2.34. The van der Waals surface area contributed by atoms with Crippen molar-refractivity contribution in [2.75, 3.05) is 0 Å². The molecule has 1 saturated carbocycles. The lowest BCUT2D eigenvalue weighted by Gasteiger charge is -2.37. The van der Waals surface area contributed by atoms with Crippen molar-refractivity contribution >= 4 is 0 Å². The summed E-state index contributed by atoms with van der Waals surface area (Å²) in [5.41, 5.74) is 0.602. The molecule has 12 heavy (non-hydrogen) atoms. The molecule has 0 N–H and O–H groups in total. The Morgan fingerprint density at radius 3 is 2.25 bits per heavy atom. The van der Waals surface area contributed by atoms with E-state index in [4.69, 9.17) is 0 Å². The predicted octanol–water partition coefficient (Wildman–Crippen LogP) is 4.17. The third kappa shape index (κ3) is 2.12. The Hall–Kier alpha value is -0.260. The molecule has 0 saturated heterocycles. The SMILES string of the molecule is C/C=C\C(C)C1(C)CCCCC1. The summed E-state index contributed by atoms with van der Waals surface area (Å²) < 4.78 is 0. The fraction of sp³-hybridized carbons (Fsp3) is 0.833. The lowest BCUT2D eigenvalue weighted by atomic mass is 9.68. The fourth-order valence-electron chi connectivity index (χ4n) is 2.34. The molecular formula is C12H22. The minimum Gasteiger partial charge on any atom is -0.0914 e. The van der Waals surface area contributed by atoms with E-state index >= 15 is 0 Å². The highest BCUT2D eigenvalue weighted by atomic mass is 14.4. The van der Waals surface area contributed by atoms with Gasteiger partial charge < -0.3 is 0 Å². The Labute approximate surface area is 77.1 Å². The molecule has 0 aromatic heterocycles. The maximum atomic E-state index is 2.46. The van der Waals surface area contributed by atoms with E-state index < -0.39 is 0 Å². The second kappa shape index (κ2) is 4.11. The summed E-state index contributed by atoms with van der Waals surface area (Å²) in [7, 11) is 0. The molecule has 1 atom stereocenters. The van der Waals surface area contributed by atoms with Crippen molar-refractivity contribution < 1.29 is 0 Å². The van der Waals surface area contributed by atoms with Crippen molar-refractivity contribution in [3.63, 3.8) is 0 Å². The molecule has 0 aromatic rings. The zero-order valence-electron chi connectivity index (χ0n) is 8.77. The number of rotatable bonds is 2. The quantitative estimate of drug-likeness (QED) is 0.540. The Kier molecular flexibility index (Phi) is 3.37. The van der Waals surface area contributed by atoms with Crippen LogP contribution in [0.5, 0.6) is 0 Å². The second-order valence-corrected chi connectivity index (χ2v) is 4.53. The molecular weight excluding hydrogens is 144 g/mol. The van der Waals surface area contributed by atoms with Crippen LogP contribution < -0.4 is 0 Å². The molecule has 1 aliphatic rings. The molecule has 70 valence electrons. The molecule has 0 amide bonds. The van der Waals surface area contributed by atoms with Crippen molar-refractivity contribution in [1.29, 1.82) is 0 Å². The molecule has 0 spiro atoms. The van der Waals surface area contributed by atoms with Crippen LogP contribution in [0.4, 0.5) is 0 Å². The molecule has 0 heterocycles. The van der Waals surface area contributed by atoms with E-state index in [1.807, 2.05) is 0 Å². The zero-order chi connectivity index (χ0) is 9.03. The van der Waals surface area contributed by atoms with E-state index in [1.165, 1.54) is 32.1 Å². The van der Waals surface area contributed by atoms with Gasteiger partial charge in [-0.1, -0.05) is 45.3 Å². The van der Waals surface area contributed by atoms with Crippen LogP contribution >= 0.6 is 0 Å². The van der Waals surface area contributed by atoms with Gasteiger partial charge in [0, 0.05) is 0 Å². The normalized spacial score (nSPS) is 25.9. The van der Waals surface area contributed by atoms with Crippen molar-refractivity contribution in [2.24, 2.45) is 11.3 Å². The lowest BCUT2D eigenvalue weighted by molar-refractivity contribution is 0.160. The summed E-state index contributed by atoms with van der Waals surface area (Å²) in [4.78, 5) is 0. The molecule has 1 unspecified atom stereocenters. The van der Waals surface area contributed by atoms with E-state index in [2.05, 4.69) is 32.9 Å². The maximum absolute atomic E-state index is 2.46. The highest BCUT2D eigenvalue weighted by molar-refractivity contribution is 4.94. The van der Waals surface area contributed by atoms with Gasteiger partial charge >= 0.3 is 0 Å². The standard InChI is InChI=1S/C12H22/c1-4-8-11(2)12(3)9-6-5-7-10-12/h4,8,11H,5-7,9-10H2,1-3H3/b8-4-. The number of allylic oxidation sites excluding steroid dienone is 2. The highest BCUT2D eigenvalue weighted by Crippen LogP contribution is 2.42. The first kappa shape index (κ1) is 9.83. The Morgan fingerprint density at radius 2 is 1.75 bits per heavy atom. The number of hydrogen-bond acceptors (Lipinski definition) is 0. The molecule has 0 nitrogen and oxygen atoms in total. The van der Waals surface area contributed by atoms with Gasteiger partial charge in [0.1, 0.15) is 0 Å². The molecule has 1 rings (SSSR count). The molecule has 1 fully saturated rings. The van der Waals surface area contributed by atoms with Gasteiger partial charge in [0.25, 0.3) is 0 Å². The van der Waals surface area contributed by atoms with Crippen LogP contribution in [0.25, 0.3) is 0 Å². The smallest absolute Gasteiger partial charge is 0.0208 e. The highest BCUT2D eigenvalue weighted by Gasteiger charge is 2.30. The molecule has 0 aliphatic heterocycles. The van der Waals surface area contributed by atoms with Crippen LogP contribution in [0, 0.1) is 11.3 Å². The summed E-state index contributed by atoms with van der Waals surface area (Å²) in [5, 5.41) is 0. The average Bonchev–Trinajstić information content (AvgIpc) is 2.06. The first-order valence-corrected chi connectivity index (χ1v) is 5.32. The van der Waals surface area contributed by atoms with Crippen LogP contribution in [0.15, 0.2) is 12.2 Å². The minimum atomic E-state index is 0.602. The molecule has 0 radical (unpaired) electrons. The van der Waals surface area contributed by atoms with Gasteiger partial charge in [-0.25, -0.2) is 0 Å². The minimum absolute atomic E-state index is 0.602. The van der Waals surface area contributed by atoms with Crippen molar-refractivity contribution in [3.8, 4) is 0 Å². The summed E-state index contributed by atoms with van der Waals surface area (Å²) in [6.07, 6.45) is 11.8. The summed E-state index contributed by atoms with van der Waals surface area (Å²) in [6.45, 7) is 6.95. The third-order valence-electron chi connectivity index (χ3n) is 3.58. The molecule has 1 aliphatic carbocycles. The van der Waals surface area contributed by atoms with E-state index in [-0.39, 0.29) is 0 Å². The summed E-state index contributed by atoms with van der Waals surface area (Å²) >= 11 is 0. The molecule has 0 heteroatoms. The number of hydrogen-bond donors (Lipinski definition) is 0. The first-order valence-electron chi connectivity index (χ1n) is 5.32. The van der Waals surface area contributed by atoms with E-state index in [0.29, 0.717) is 5.41 Å². The second-order valence-electron chi connectivity index (χ2n) is 4.53. The van der Waals surface area contributed by atoms with Crippen molar-refractivity contribution in [1.82, 2.24) is 0 Å². The van der Waals surface area contributed by atoms with E-state index in [9.17, 15) is 0 Å². The Balaban J connectivity index is 2.55. The van der Waals surface area contributed by atoms with Gasteiger partial charge in [-0.3, -0.25) is 0 Å². The van der Waals surface area contributed by atoms with Crippen LogP contribution in [0.3, 0.4) is 0 Å². The maximum Gasteiger partial charge on any atom is -0.0208 e. The van der Waals surface area contributed by atoms with Crippen molar-refractivity contribution in [2.45, 2.75) is 52.9 Å². The summed E-state index contributed by atoms with van der Waals surface area (Å²) in [6, 6.07) is 0. The third-order valence-corrected chi connectivity index (χ3v) is 3.58. The molecule has 0 aromatic carbocycles. The first-order chi connectivity index (χ1) is 5.69. The Morgan fingerprint density at radius 1 is 1.17 bits per heavy atom. The topological polar surface area (TPSA) is 0 Å². The monoisotopic (exact) mass is 166 g/mol. The predicted molar refractivity (Wildman–Crippen MR) is 55.2 cm³/mol. The van der Waals surface area contributed by atoms with Crippen LogP contribution in [-0.2, 0) is 0 Å². The largest absolute Gasteiger partial charge is 0.0914 e. The summed E-state index contributed by atoms with van der Waals surface area (Å²) in [5.74, 6) is 0.766. The van der Waals surface area contributed by atoms with Gasteiger partial charge in [-0.2, -0.15) is 0 Å². The lowest BCUT2D eigenvalue weighted by Crippen LogP contribution is -2.26. The molecule has 0 bridgehead atoms. The van der Waals surface area contributed by atoms with Gasteiger partial charge in [-0.05, 0) is 31.1 Å². The van der Waals surface area contributed by atoms with Gasteiger partial charge in [0.15, 0.2) is 0 Å². The van der Waals surface area contributed by atoms with Gasteiger partial charge in [0.05, 0.1) is 0 Å².